The molecule has 19 heavy (non-hydrogen) atoms. The van der Waals surface area contributed by atoms with Gasteiger partial charge in [-0.05, 0) is 43.7 Å². The average molecular weight is 251 g/mol. The van der Waals surface area contributed by atoms with Crippen molar-refractivity contribution in [3.05, 3.63) is 59.2 Å². The van der Waals surface area contributed by atoms with Gasteiger partial charge in [0.15, 0.2) is 0 Å². The van der Waals surface area contributed by atoms with E-state index in [1.165, 1.54) is 0 Å². The molecule has 2 aromatic rings. The summed E-state index contributed by atoms with van der Waals surface area (Å²) in [5.41, 5.74) is 3.70. The van der Waals surface area contributed by atoms with E-state index in [1.54, 1.807) is 6.07 Å². The molecule has 0 heterocycles. The summed E-state index contributed by atoms with van der Waals surface area (Å²) in [6, 6.07) is 13.4. The fraction of sp³-hybridized carbons (Fsp3) is 0.176. The summed E-state index contributed by atoms with van der Waals surface area (Å²) in [5.74, 6) is 2.92. The Bertz CT molecular complexity index is 625. The minimum absolute atomic E-state index is 0.00799. The molecular formula is C17H17NO. The lowest BCUT2D eigenvalue weighted by molar-refractivity contribution is 0.465. The van der Waals surface area contributed by atoms with Crippen molar-refractivity contribution in [2.45, 2.75) is 19.9 Å². The third kappa shape index (κ3) is 3.08. The predicted molar refractivity (Wildman–Crippen MR) is 79.3 cm³/mol. The van der Waals surface area contributed by atoms with Crippen molar-refractivity contribution in [3.63, 3.8) is 0 Å². The van der Waals surface area contributed by atoms with E-state index < -0.39 is 0 Å². The van der Waals surface area contributed by atoms with E-state index in [1.807, 2.05) is 50.2 Å². The lowest BCUT2D eigenvalue weighted by Gasteiger charge is -2.17. The summed E-state index contributed by atoms with van der Waals surface area (Å²) in [6.07, 6.45) is 5.38. The molecule has 0 amide bonds. The van der Waals surface area contributed by atoms with Gasteiger partial charge < -0.3 is 10.4 Å². The zero-order valence-electron chi connectivity index (χ0n) is 11.1. The summed E-state index contributed by atoms with van der Waals surface area (Å²) >= 11 is 0. The molecule has 0 bridgehead atoms. The van der Waals surface area contributed by atoms with E-state index >= 15 is 0 Å². The van der Waals surface area contributed by atoms with Crippen LogP contribution in [0.1, 0.15) is 29.7 Å². The smallest absolute Gasteiger partial charge is 0.121 e. The number of benzene rings is 2. The number of nitrogens with one attached hydrogen (secondary N) is 1. The standard InChI is InChI=1S/C17H17NO/c1-4-14-6-5-7-15(11-14)18-13(3)16-9-8-12(2)10-17(16)19/h1,5-11,13,18-19H,2-3H3. The van der Waals surface area contributed by atoms with Crippen LogP contribution in [0.5, 0.6) is 5.75 Å². The summed E-state index contributed by atoms with van der Waals surface area (Å²) in [5, 5.41) is 13.3. The zero-order valence-corrected chi connectivity index (χ0v) is 11.1. The number of hydrogen-bond acceptors (Lipinski definition) is 2. The maximum Gasteiger partial charge on any atom is 0.121 e. The molecule has 0 spiro atoms. The van der Waals surface area contributed by atoms with Crippen LogP contribution >= 0.6 is 0 Å². The Kier molecular flexibility index (Phi) is 3.77. The number of terminal acetylenes is 1. The van der Waals surface area contributed by atoms with Crippen molar-refractivity contribution in [1.82, 2.24) is 0 Å². The Balaban J connectivity index is 2.20. The van der Waals surface area contributed by atoms with Crippen LogP contribution in [-0.2, 0) is 0 Å². The van der Waals surface area contributed by atoms with Crippen LogP contribution < -0.4 is 5.32 Å². The van der Waals surface area contributed by atoms with Gasteiger partial charge >= 0.3 is 0 Å². The Morgan fingerprint density at radius 3 is 2.68 bits per heavy atom. The van der Waals surface area contributed by atoms with Gasteiger partial charge in [0, 0.05) is 16.8 Å². The Morgan fingerprint density at radius 2 is 2.00 bits per heavy atom. The normalized spacial score (nSPS) is 11.6. The van der Waals surface area contributed by atoms with Gasteiger partial charge in [-0.3, -0.25) is 0 Å². The zero-order chi connectivity index (χ0) is 13.8. The highest BCUT2D eigenvalue weighted by Crippen LogP contribution is 2.27. The quantitative estimate of drug-likeness (QED) is 0.812. The highest BCUT2D eigenvalue weighted by atomic mass is 16.3. The van der Waals surface area contributed by atoms with E-state index in [4.69, 9.17) is 6.42 Å². The Morgan fingerprint density at radius 1 is 1.21 bits per heavy atom. The second-order valence-electron chi connectivity index (χ2n) is 4.65. The van der Waals surface area contributed by atoms with E-state index in [0.717, 1.165) is 22.4 Å². The molecule has 2 heteroatoms. The van der Waals surface area contributed by atoms with E-state index in [-0.39, 0.29) is 6.04 Å². The fourth-order valence-electron chi connectivity index (χ4n) is 2.05. The monoisotopic (exact) mass is 251 g/mol. The van der Waals surface area contributed by atoms with Crippen LogP contribution in [0, 0.1) is 19.3 Å². The third-order valence-electron chi connectivity index (χ3n) is 3.06. The maximum atomic E-state index is 9.97. The second-order valence-corrected chi connectivity index (χ2v) is 4.65. The summed E-state index contributed by atoms with van der Waals surface area (Å²) in [7, 11) is 0. The molecule has 0 radical (unpaired) electrons. The van der Waals surface area contributed by atoms with Gasteiger partial charge in [0.1, 0.15) is 5.75 Å². The first-order chi connectivity index (χ1) is 9.10. The lowest BCUT2D eigenvalue weighted by atomic mass is 10.0. The van der Waals surface area contributed by atoms with Crippen molar-refractivity contribution in [2.75, 3.05) is 5.32 Å². The summed E-state index contributed by atoms with van der Waals surface area (Å²) < 4.78 is 0. The molecule has 2 aromatic carbocycles. The molecule has 0 aliphatic rings. The van der Waals surface area contributed by atoms with E-state index in [0.29, 0.717) is 5.75 Å². The minimum Gasteiger partial charge on any atom is -0.508 e. The van der Waals surface area contributed by atoms with Crippen molar-refractivity contribution in [3.8, 4) is 18.1 Å². The lowest BCUT2D eigenvalue weighted by Crippen LogP contribution is -2.07. The van der Waals surface area contributed by atoms with Gasteiger partial charge in [0.2, 0.25) is 0 Å². The number of anilines is 1. The van der Waals surface area contributed by atoms with Crippen molar-refractivity contribution in [1.29, 1.82) is 0 Å². The van der Waals surface area contributed by atoms with Crippen LogP contribution in [0.15, 0.2) is 42.5 Å². The topological polar surface area (TPSA) is 32.3 Å². The van der Waals surface area contributed by atoms with Gasteiger partial charge in [-0.25, -0.2) is 0 Å². The van der Waals surface area contributed by atoms with Crippen LogP contribution in [0.25, 0.3) is 0 Å². The molecule has 0 saturated heterocycles. The molecule has 0 fully saturated rings. The molecule has 1 atom stereocenters. The first-order valence-corrected chi connectivity index (χ1v) is 6.23. The van der Waals surface area contributed by atoms with Crippen molar-refractivity contribution >= 4 is 5.69 Å². The number of phenols is 1. The van der Waals surface area contributed by atoms with Crippen LogP contribution in [0.2, 0.25) is 0 Å². The number of aromatic hydroxyl groups is 1. The Hall–Kier alpha value is -2.40. The van der Waals surface area contributed by atoms with Crippen molar-refractivity contribution < 1.29 is 5.11 Å². The molecular weight excluding hydrogens is 234 g/mol. The first kappa shape index (κ1) is 13.0. The molecule has 0 aliphatic heterocycles. The van der Waals surface area contributed by atoms with E-state index in [9.17, 15) is 5.11 Å². The molecule has 1 unspecified atom stereocenters. The highest BCUT2D eigenvalue weighted by Gasteiger charge is 2.10. The van der Waals surface area contributed by atoms with Crippen LogP contribution in [0.4, 0.5) is 5.69 Å². The van der Waals surface area contributed by atoms with Gasteiger partial charge in [0.25, 0.3) is 0 Å². The van der Waals surface area contributed by atoms with E-state index in [2.05, 4.69) is 11.2 Å². The molecule has 0 saturated carbocycles. The average Bonchev–Trinajstić information content (AvgIpc) is 2.38. The Labute approximate surface area is 114 Å². The van der Waals surface area contributed by atoms with Gasteiger partial charge in [-0.2, -0.15) is 0 Å². The molecule has 2 N–H and O–H groups in total. The highest BCUT2D eigenvalue weighted by molar-refractivity contribution is 5.52. The third-order valence-corrected chi connectivity index (χ3v) is 3.06. The van der Waals surface area contributed by atoms with Gasteiger partial charge in [-0.15, -0.1) is 6.42 Å². The molecule has 0 aromatic heterocycles. The number of hydrogen-bond donors (Lipinski definition) is 2. The van der Waals surface area contributed by atoms with Crippen molar-refractivity contribution in [2.24, 2.45) is 0 Å². The summed E-state index contributed by atoms with van der Waals surface area (Å²) in [6.45, 7) is 3.96. The molecule has 0 aliphatic carbocycles. The molecule has 96 valence electrons. The van der Waals surface area contributed by atoms with Gasteiger partial charge in [-0.1, -0.05) is 24.1 Å². The summed E-state index contributed by atoms with van der Waals surface area (Å²) in [4.78, 5) is 0. The number of aryl methyl sites for hydroxylation is 1. The maximum absolute atomic E-state index is 9.97. The SMILES string of the molecule is C#Cc1cccc(NC(C)c2ccc(C)cc2O)c1. The number of phenolic OH excluding ortho intramolecular Hbond substituents is 1. The van der Waals surface area contributed by atoms with Gasteiger partial charge in [0.05, 0.1) is 6.04 Å². The second kappa shape index (κ2) is 5.49. The largest absolute Gasteiger partial charge is 0.508 e. The number of rotatable bonds is 3. The fourth-order valence-corrected chi connectivity index (χ4v) is 2.05. The first-order valence-electron chi connectivity index (χ1n) is 6.23. The minimum atomic E-state index is 0.00799. The molecule has 2 nitrogen and oxygen atoms in total. The predicted octanol–water partition coefficient (Wildman–Crippen LogP) is 3.86. The van der Waals surface area contributed by atoms with Crippen LogP contribution in [-0.4, -0.2) is 5.11 Å². The molecule has 2 rings (SSSR count). The van der Waals surface area contributed by atoms with Crippen LogP contribution in [0.3, 0.4) is 0 Å².